The van der Waals surface area contributed by atoms with Crippen LogP contribution in [0, 0.1) is 5.92 Å². The lowest BCUT2D eigenvalue weighted by Crippen LogP contribution is -2.13. The Labute approximate surface area is 129 Å². The van der Waals surface area contributed by atoms with E-state index >= 15 is 0 Å². The van der Waals surface area contributed by atoms with Gasteiger partial charge in [0.05, 0.1) is 11.6 Å². The zero-order chi connectivity index (χ0) is 15.3. The van der Waals surface area contributed by atoms with Crippen LogP contribution in [0.4, 0.5) is 0 Å². The Kier molecular flexibility index (Phi) is 6.54. The van der Waals surface area contributed by atoms with Crippen molar-refractivity contribution in [1.29, 1.82) is 0 Å². The Morgan fingerprint density at radius 1 is 1.20 bits per heavy atom. The van der Waals surface area contributed by atoms with E-state index in [4.69, 9.17) is 37.8 Å². The molecule has 0 saturated heterocycles. The minimum atomic E-state index is -3.91. The van der Waals surface area contributed by atoms with Crippen LogP contribution in [-0.2, 0) is 14.8 Å². The molecule has 20 heavy (non-hydrogen) atoms. The van der Waals surface area contributed by atoms with Gasteiger partial charge in [-0.1, -0.05) is 37.0 Å². The third-order valence-corrected chi connectivity index (χ3v) is 4.18. The zero-order valence-electron chi connectivity index (χ0n) is 11.2. The Hall–Kier alpha value is -0.530. The van der Waals surface area contributed by atoms with E-state index in [1.165, 1.54) is 12.1 Å². The number of benzene rings is 1. The van der Waals surface area contributed by atoms with Crippen LogP contribution >= 0.6 is 23.2 Å². The summed E-state index contributed by atoms with van der Waals surface area (Å²) in [5, 5.41) is 4.88. The summed E-state index contributed by atoms with van der Waals surface area (Å²) in [4.78, 5) is -0.229. The van der Waals surface area contributed by atoms with E-state index in [9.17, 15) is 8.42 Å². The number of sulfonamides is 1. The number of primary sulfonamides is 1. The van der Waals surface area contributed by atoms with Crippen LogP contribution in [-0.4, -0.2) is 28.2 Å². The number of halogens is 2. The van der Waals surface area contributed by atoms with Crippen molar-refractivity contribution >= 4 is 33.2 Å². The van der Waals surface area contributed by atoms with E-state index in [-0.39, 0.29) is 27.3 Å². The highest BCUT2D eigenvalue weighted by molar-refractivity contribution is 7.89. The fourth-order valence-corrected chi connectivity index (χ4v) is 2.74. The molecule has 0 unspecified atom stereocenters. The van der Waals surface area contributed by atoms with Crippen molar-refractivity contribution in [3.63, 3.8) is 0 Å². The van der Waals surface area contributed by atoms with Gasteiger partial charge in [-0.05, 0) is 18.1 Å². The SMILES string of the molecule is CC(C)COCCOc1ccc(S(N)(=O)=O)c(Cl)c1Cl. The van der Waals surface area contributed by atoms with Gasteiger partial charge in [0.25, 0.3) is 0 Å². The van der Waals surface area contributed by atoms with Gasteiger partial charge in [-0.25, -0.2) is 13.6 Å². The summed E-state index contributed by atoms with van der Waals surface area (Å²) in [5.41, 5.74) is 0. The molecule has 0 radical (unpaired) electrons. The van der Waals surface area contributed by atoms with Gasteiger partial charge < -0.3 is 9.47 Å². The van der Waals surface area contributed by atoms with Gasteiger partial charge in [-0.3, -0.25) is 0 Å². The second kappa shape index (κ2) is 7.47. The molecule has 1 aromatic rings. The van der Waals surface area contributed by atoms with Gasteiger partial charge in [0, 0.05) is 6.61 Å². The van der Waals surface area contributed by atoms with Crippen molar-refractivity contribution in [1.82, 2.24) is 0 Å². The Morgan fingerprint density at radius 3 is 2.40 bits per heavy atom. The standard InChI is InChI=1S/C12H17Cl2NO4S/c1-8(2)7-18-5-6-19-9-3-4-10(20(15,16)17)12(14)11(9)13/h3-4,8H,5-7H2,1-2H3,(H2,15,16,17). The van der Waals surface area contributed by atoms with Crippen molar-refractivity contribution < 1.29 is 17.9 Å². The predicted octanol–water partition coefficient (Wildman–Crippen LogP) is 2.69. The predicted molar refractivity (Wildman–Crippen MR) is 79.0 cm³/mol. The maximum absolute atomic E-state index is 11.3. The highest BCUT2D eigenvalue weighted by Crippen LogP contribution is 2.36. The fraction of sp³-hybridized carbons (Fsp3) is 0.500. The molecule has 0 heterocycles. The van der Waals surface area contributed by atoms with E-state index in [1.807, 2.05) is 13.8 Å². The molecule has 0 aliphatic carbocycles. The van der Waals surface area contributed by atoms with Crippen LogP contribution < -0.4 is 9.88 Å². The summed E-state index contributed by atoms with van der Waals surface area (Å²) in [6.07, 6.45) is 0. The number of nitrogens with two attached hydrogens (primary N) is 1. The van der Waals surface area contributed by atoms with Crippen molar-refractivity contribution in [3.05, 3.63) is 22.2 Å². The number of hydrogen-bond donors (Lipinski definition) is 1. The molecule has 114 valence electrons. The lowest BCUT2D eigenvalue weighted by Gasteiger charge is -2.12. The van der Waals surface area contributed by atoms with Crippen LogP contribution in [0.15, 0.2) is 17.0 Å². The first kappa shape index (κ1) is 17.5. The highest BCUT2D eigenvalue weighted by atomic mass is 35.5. The van der Waals surface area contributed by atoms with Crippen molar-refractivity contribution in [3.8, 4) is 5.75 Å². The van der Waals surface area contributed by atoms with Crippen LogP contribution in [0.1, 0.15) is 13.8 Å². The van der Waals surface area contributed by atoms with E-state index in [1.54, 1.807) is 0 Å². The Bertz CT molecular complexity index is 561. The topological polar surface area (TPSA) is 78.6 Å². The quantitative estimate of drug-likeness (QED) is 0.773. The van der Waals surface area contributed by atoms with Crippen LogP contribution in [0.2, 0.25) is 10.0 Å². The molecule has 1 rings (SSSR count). The van der Waals surface area contributed by atoms with E-state index in [2.05, 4.69) is 0 Å². The molecule has 5 nitrogen and oxygen atoms in total. The summed E-state index contributed by atoms with van der Waals surface area (Å²) in [7, 11) is -3.91. The van der Waals surface area contributed by atoms with Gasteiger partial charge in [-0.15, -0.1) is 0 Å². The monoisotopic (exact) mass is 341 g/mol. The van der Waals surface area contributed by atoms with Crippen LogP contribution in [0.5, 0.6) is 5.75 Å². The first-order valence-electron chi connectivity index (χ1n) is 5.94. The van der Waals surface area contributed by atoms with E-state index in [0.29, 0.717) is 19.1 Å². The molecule has 0 aromatic heterocycles. The summed E-state index contributed by atoms with van der Waals surface area (Å²) in [6, 6.07) is 2.67. The summed E-state index contributed by atoms with van der Waals surface area (Å²) < 4.78 is 33.2. The van der Waals surface area contributed by atoms with Gasteiger partial charge in [0.15, 0.2) is 0 Å². The first-order chi connectivity index (χ1) is 9.23. The molecular weight excluding hydrogens is 325 g/mol. The van der Waals surface area contributed by atoms with Gasteiger partial charge in [0.2, 0.25) is 10.0 Å². The molecule has 8 heteroatoms. The maximum Gasteiger partial charge on any atom is 0.239 e. The van der Waals surface area contributed by atoms with Crippen molar-refractivity contribution in [2.24, 2.45) is 11.1 Å². The number of rotatable bonds is 7. The van der Waals surface area contributed by atoms with Crippen LogP contribution in [0.25, 0.3) is 0 Å². The summed E-state index contributed by atoms with van der Waals surface area (Å²) >= 11 is 11.8. The van der Waals surface area contributed by atoms with Gasteiger partial charge in [0.1, 0.15) is 22.3 Å². The lowest BCUT2D eigenvalue weighted by molar-refractivity contribution is 0.0819. The largest absolute Gasteiger partial charge is 0.490 e. The van der Waals surface area contributed by atoms with Gasteiger partial charge >= 0.3 is 0 Å². The van der Waals surface area contributed by atoms with E-state index in [0.717, 1.165) is 0 Å². The molecule has 0 spiro atoms. The molecule has 0 aliphatic heterocycles. The highest BCUT2D eigenvalue weighted by Gasteiger charge is 2.18. The summed E-state index contributed by atoms with van der Waals surface area (Å²) in [5.74, 6) is 0.735. The molecule has 0 bridgehead atoms. The third-order valence-electron chi connectivity index (χ3n) is 2.25. The average Bonchev–Trinajstić information content (AvgIpc) is 2.32. The van der Waals surface area contributed by atoms with Gasteiger partial charge in [-0.2, -0.15) is 0 Å². The summed E-state index contributed by atoms with van der Waals surface area (Å²) in [6.45, 7) is 5.43. The molecule has 1 aromatic carbocycles. The molecule has 0 amide bonds. The first-order valence-corrected chi connectivity index (χ1v) is 8.25. The molecule has 0 atom stereocenters. The lowest BCUT2D eigenvalue weighted by atomic mass is 10.2. The molecule has 0 saturated carbocycles. The minimum absolute atomic E-state index is 0.0158. The molecule has 0 aliphatic rings. The van der Waals surface area contributed by atoms with Crippen molar-refractivity contribution in [2.75, 3.05) is 19.8 Å². The Morgan fingerprint density at radius 2 is 1.85 bits per heavy atom. The Balaban J connectivity index is 2.67. The average molecular weight is 342 g/mol. The third kappa shape index (κ3) is 5.10. The second-order valence-electron chi connectivity index (χ2n) is 4.55. The zero-order valence-corrected chi connectivity index (χ0v) is 13.6. The second-order valence-corrected chi connectivity index (χ2v) is 6.84. The van der Waals surface area contributed by atoms with Crippen LogP contribution in [0.3, 0.4) is 0 Å². The number of hydrogen-bond acceptors (Lipinski definition) is 4. The smallest absolute Gasteiger partial charge is 0.239 e. The number of ether oxygens (including phenoxy) is 2. The normalized spacial score (nSPS) is 11.9. The molecular formula is C12H17Cl2NO4S. The maximum atomic E-state index is 11.3. The van der Waals surface area contributed by atoms with E-state index < -0.39 is 10.0 Å². The fourth-order valence-electron chi connectivity index (χ4n) is 1.37. The van der Waals surface area contributed by atoms with Crippen molar-refractivity contribution in [2.45, 2.75) is 18.7 Å². The minimum Gasteiger partial charge on any atom is -0.490 e. The molecule has 0 fully saturated rings. The molecule has 2 N–H and O–H groups in total.